The minimum atomic E-state index is 0.209. The molecule has 0 saturated heterocycles. The van der Waals surface area contributed by atoms with Crippen molar-refractivity contribution in [2.75, 3.05) is 0 Å². The van der Waals surface area contributed by atoms with Gasteiger partial charge in [-0.15, -0.1) is 0 Å². The Labute approximate surface area is 83.6 Å². The van der Waals surface area contributed by atoms with Crippen LogP contribution in [0.3, 0.4) is 0 Å². The van der Waals surface area contributed by atoms with Gasteiger partial charge in [0.2, 0.25) is 0 Å². The zero-order valence-corrected chi connectivity index (χ0v) is 9.05. The SMILES string of the molecule is C/C=C(/Cl)C(=N)C(Cl)=C(C)CC. The molecule has 0 spiro atoms. The fourth-order valence-electron chi connectivity index (χ4n) is 0.618. The van der Waals surface area contributed by atoms with Gasteiger partial charge in [-0.3, -0.25) is 5.41 Å². The van der Waals surface area contributed by atoms with Crippen molar-refractivity contribution in [3.8, 4) is 0 Å². The lowest BCUT2D eigenvalue weighted by atomic mass is 10.1. The third-order valence-corrected chi connectivity index (χ3v) is 2.54. The van der Waals surface area contributed by atoms with Crippen LogP contribution in [0.5, 0.6) is 0 Å². The summed E-state index contributed by atoms with van der Waals surface area (Å²) in [6, 6.07) is 0. The van der Waals surface area contributed by atoms with E-state index in [-0.39, 0.29) is 5.71 Å². The van der Waals surface area contributed by atoms with Crippen molar-refractivity contribution >= 4 is 28.9 Å². The van der Waals surface area contributed by atoms with Crippen molar-refractivity contribution in [1.29, 1.82) is 5.41 Å². The summed E-state index contributed by atoms with van der Waals surface area (Å²) in [6.07, 6.45) is 2.50. The van der Waals surface area contributed by atoms with Crippen LogP contribution in [0, 0.1) is 5.41 Å². The van der Waals surface area contributed by atoms with E-state index in [2.05, 4.69) is 0 Å². The van der Waals surface area contributed by atoms with Crippen molar-refractivity contribution in [2.45, 2.75) is 27.2 Å². The lowest BCUT2D eigenvalue weighted by Crippen LogP contribution is -1.98. The predicted molar refractivity (Wildman–Crippen MR) is 56.2 cm³/mol. The summed E-state index contributed by atoms with van der Waals surface area (Å²) < 4.78 is 0. The van der Waals surface area contributed by atoms with Crippen molar-refractivity contribution in [3.63, 3.8) is 0 Å². The van der Waals surface area contributed by atoms with E-state index in [1.165, 1.54) is 0 Å². The summed E-state index contributed by atoms with van der Waals surface area (Å²) in [5.74, 6) is 0. The Kier molecular flexibility index (Phi) is 5.27. The van der Waals surface area contributed by atoms with E-state index >= 15 is 0 Å². The summed E-state index contributed by atoms with van der Waals surface area (Å²) in [4.78, 5) is 0. The van der Waals surface area contributed by atoms with Gasteiger partial charge in [0.05, 0.1) is 15.8 Å². The first-order chi connectivity index (χ1) is 5.54. The molecule has 0 fully saturated rings. The van der Waals surface area contributed by atoms with Gasteiger partial charge in [0.25, 0.3) is 0 Å². The standard InChI is InChI=1S/C9H13Cl2N/c1-4-6(3)8(11)9(12)7(10)5-2/h5,12H,4H2,1-3H3/b7-5+,8-6?,12-9?. The Morgan fingerprint density at radius 1 is 1.42 bits per heavy atom. The smallest absolute Gasteiger partial charge is 0.0908 e. The fraction of sp³-hybridized carbons (Fsp3) is 0.444. The highest BCUT2D eigenvalue weighted by atomic mass is 35.5. The van der Waals surface area contributed by atoms with Gasteiger partial charge in [0, 0.05) is 0 Å². The topological polar surface area (TPSA) is 23.9 Å². The molecule has 0 radical (unpaired) electrons. The Bertz CT molecular complexity index is 239. The highest BCUT2D eigenvalue weighted by molar-refractivity contribution is 6.55. The molecule has 68 valence electrons. The quantitative estimate of drug-likeness (QED) is 0.673. The van der Waals surface area contributed by atoms with Gasteiger partial charge < -0.3 is 0 Å². The molecule has 0 aliphatic heterocycles. The second kappa shape index (κ2) is 5.39. The minimum absolute atomic E-state index is 0.209. The summed E-state index contributed by atoms with van der Waals surface area (Å²) >= 11 is 11.6. The highest BCUT2D eigenvalue weighted by Crippen LogP contribution is 2.19. The van der Waals surface area contributed by atoms with Crippen molar-refractivity contribution in [1.82, 2.24) is 0 Å². The van der Waals surface area contributed by atoms with Crippen LogP contribution in [0.4, 0.5) is 0 Å². The summed E-state index contributed by atoms with van der Waals surface area (Å²) in [5, 5.41) is 8.40. The van der Waals surface area contributed by atoms with Crippen LogP contribution < -0.4 is 0 Å². The van der Waals surface area contributed by atoms with Crippen LogP contribution in [-0.2, 0) is 0 Å². The van der Waals surface area contributed by atoms with Crippen molar-refractivity contribution in [3.05, 3.63) is 21.7 Å². The molecule has 0 unspecified atom stereocenters. The van der Waals surface area contributed by atoms with Gasteiger partial charge in [-0.1, -0.05) is 41.8 Å². The lowest BCUT2D eigenvalue weighted by Gasteiger charge is -2.03. The number of hydrogen-bond acceptors (Lipinski definition) is 1. The Morgan fingerprint density at radius 3 is 2.25 bits per heavy atom. The molecule has 1 N–H and O–H groups in total. The Hall–Kier alpha value is -0.270. The summed E-state index contributed by atoms with van der Waals surface area (Å²) in [7, 11) is 0. The number of halogens is 2. The molecular formula is C9H13Cl2N. The highest BCUT2D eigenvalue weighted by Gasteiger charge is 2.07. The molecule has 0 amide bonds. The van der Waals surface area contributed by atoms with E-state index in [4.69, 9.17) is 28.6 Å². The van der Waals surface area contributed by atoms with E-state index in [1.54, 1.807) is 13.0 Å². The van der Waals surface area contributed by atoms with Gasteiger partial charge >= 0.3 is 0 Å². The molecule has 12 heavy (non-hydrogen) atoms. The maximum Gasteiger partial charge on any atom is 0.0908 e. The second-order valence-electron chi connectivity index (χ2n) is 2.46. The van der Waals surface area contributed by atoms with Crippen LogP contribution in [0.25, 0.3) is 0 Å². The monoisotopic (exact) mass is 205 g/mol. The van der Waals surface area contributed by atoms with E-state index in [9.17, 15) is 0 Å². The summed E-state index contributed by atoms with van der Waals surface area (Å²) in [5.41, 5.74) is 1.20. The van der Waals surface area contributed by atoms with E-state index in [1.807, 2.05) is 13.8 Å². The van der Waals surface area contributed by atoms with E-state index in [0.717, 1.165) is 12.0 Å². The molecule has 0 saturated carbocycles. The Morgan fingerprint density at radius 2 is 1.92 bits per heavy atom. The lowest BCUT2D eigenvalue weighted by molar-refractivity contribution is 1.10. The molecule has 3 heteroatoms. The maximum atomic E-state index is 7.54. The molecule has 0 aliphatic carbocycles. The van der Waals surface area contributed by atoms with Gasteiger partial charge in [0.1, 0.15) is 0 Å². The minimum Gasteiger partial charge on any atom is -0.298 e. The first-order valence-corrected chi connectivity index (χ1v) is 4.56. The summed E-state index contributed by atoms with van der Waals surface area (Å²) in [6.45, 7) is 5.67. The van der Waals surface area contributed by atoms with Gasteiger partial charge in [0.15, 0.2) is 0 Å². The zero-order chi connectivity index (χ0) is 9.72. The van der Waals surface area contributed by atoms with Gasteiger partial charge in [-0.2, -0.15) is 0 Å². The Balaban J connectivity index is 4.73. The molecule has 0 aromatic rings. The van der Waals surface area contributed by atoms with Crippen LogP contribution >= 0.6 is 23.2 Å². The molecule has 0 heterocycles. The number of nitrogens with one attached hydrogen (secondary N) is 1. The van der Waals surface area contributed by atoms with Crippen LogP contribution in [0.1, 0.15) is 27.2 Å². The third kappa shape index (κ3) is 3.00. The first-order valence-electron chi connectivity index (χ1n) is 3.80. The molecule has 0 aliphatic rings. The molecule has 1 nitrogen and oxygen atoms in total. The molecular weight excluding hydrogens is 193 g/mol. The third-order valence-electron chi connectivity index (χ3n) is 1.62. The molecule has 0 atom stereocenters. The molecule has 0 aromatic heterocycles. The van der Waals surface area contributed by atoms with Crippen molar-refractivity contribution < 1.29 is 0 Å². The number of hydrogen-bond donors (Lipinski definition) is 1. The average Bonchev–Trinajstić information content (AvgIpc) is 2.12. The van der Waals surface area contributed by atoms with Gasteiger partial charge in [-0.05, 0) is 20.3 Å². The number of rotatable bonds is 3. The second-order valence-corrected chi connectivity index (χ2v) is 3.24. The van der Waals surface area contributed by atoms with Crippen LogP contribution in [0.15, 0.2) is 21.7 Å². The zero-order valence-electron chi connectivity index (χ0n) is 7.54. The molecule has 0 rings (SSSR count). The predicted octanol–water partition coefficient (Wildman–Crippen LogP) is 4.07. The first kappa shape index (κ1) is 11.7. The van der Waals surface area contributed by atoms with E-state index < -0.39 is 0 Å². The normalized spacial score (nSPS) is 14.2. The number of allylic oxidation sites excluding steroid dienone is 4. The van der Waals surface area contributed by atoms with E-state index in [0.29, 0.717) is 10.1 Å². The van der Waals surface area contributed by atoms with Gasteiger partial charge in [-0.25, -0.2) is 0 Å². The average molecular weight is 206 g/mol. The maximum absolute atomic E-state index is 7.54. The van der Waals surface area contributed by atoms with Crippen LogP contribution in [0.2, 0.25) is 0 Å². The van der Waals surface area contributed by atoms with Crippen molar-refractivity contribution in [2.24, 2.45) is 0 Å². The largest absolute Gasteiger partial charge is 0.298 e. The molecule has 0 bridgehead atoms. The molecule has 0 aromatic carbocycles. The fourth-order valence-corrected chi connectivity index (χ4v) is 0.996. The van der Waals surface area contributed by atoms with Crippen LogP contribution in [-0.4, -0.2) is 5.71 Å².